The van der Waals surface area contributed by atoms with Gasteiger partial charge >= 0.3 is 5.97 Å². The Kier molecular flexibility index (Phi) is 6.44. The average molecular weight is 369 g/mol. The lowest BCUT2D eigenvalue weighted by molar-refractivity contribution is -0.130. The fourth-order valence-electron chi connectivity index (χ4n) is 5.44. The molecule has 0 amide bonds. The van der Waals surface area contributed by atoms with E-state index in [4.69, 9.17) is 0 Å². The first kappa shape index (κ1) is 20.2. The summed E-state index contributed by atoms with van der Waals surface area (Å²) in [6, 6.07) is 8.51. The molecule has 0 atom stereocenters. The Labute approximate surface area is 165 Å². The Morgan fingerprint density at radius 2 is 1.59 bits per heavy atom. The first-order valence-corrected chi connectivity index (χ1v) is 11.1. The second-order valence-corrected chi connectivity index (χ2v) is 9.03. The predicted molar refractivity (Wildman–Crippen MR) is 113 cm³/mol. The smallest absolute Gasteiger partial charge is 0.335 e. The fraction of sp³-hybridized carbons (Fsp3) is 0.640. The largest absolute Gasteiger partial charge is 0.478 e. The number of hydrogen-bond donors (Lipinski definition) is 1. The zero-order valence-electron chi connectivity index (χ0n) is 17.2. The SMILES string of the molecule is CCC/C=C(/C(=O)O)c1ccc(C23CCC(CCCCC)(CC2)CC3)cc1. The number of benzene rings is 1. The molecule has 0 spiro atoms. The van der Waals surface area contributed by atoms with Crippen molar-refractivity contribution in [2.45, 2.75) is 96.3 Å². The molecule has 4 rings (SSSR count). The number of hydrogen-bond acceptors (Lipinski definition) is 1. The minimum absolute atomic E-state index is 0.349. The Morgan fingerprint density at radius 1 is 0.963 bits per heavy atom. The normalized spacial score (nSPS) is 27.7. The highest BCUT2D eigenvalue weighted by Gasteiger charge is 2.48. The van der Waals surface area contributed by atoms with E-state index >= 15 is 0 Å². The number of carboxylic acid groups (broad SMARTS) is 1. The molecule has 2 nitrogen and oxygen atoms in total. The van der Waals surface area contributed by atoms with Crippen molar-refractivity contribution in [1.29, 1.82) is 0 Å². The van der Waals surface area contributed by atoms with Gasteiger partial charge in [0, 0.05) is 0 Å². The standard InChI is InChI=1S/C25H36O2/c1-3-5-7-13-24-14-17-25(18-15-24,19-16-24)21-11-9-20(10-12-21)22(23(26)27)8-6-4-2/h8-12H,3-7,13-19H2,1-2H3,(H,26,27)/b22-8+. The maximum Gasteiger partial charge on any atom is 0.335 e. The van der Waals surface area contributed by atoms with Crippen LogP contribution in [0.25, 0.3) is 5.57 Å². The Bertz CT molecular complexity index is 644. The molecule has 148 valence electrons. The van der Waals surface area contributed by atoms with Gasteiger partial charge in [-0.25, -0.2) is 4.79 Å². The van der Waals surface area contributed by atoms with Crippen LogP contribution in [0.4, 0.5) is 0 Å². The summed E-state index contributed by atoms with van der Waals surface area (Å²) in [7, 11) is 0. The van der Waals surface area contributed by atoms with E-state index in [1.165, 1.54) is 69.8 Å². The molecule has 1 aromatic rings. The van der Waals surface area contributed by atoms with Gasteiger partial charge in [-0.15, -0.1) is 0 Å². The zero-order valence-corrected chi connectivity index (χ0v) is 17.2. The Balaban J connectivity index is 1.71. The highest BCUT2D eigenvalue weighted by Crippen LogP contribution is 2.59. The summed E-state index contributed by atoms with van der Waals surface area (Å²) in [6.45, 7) is 4.37. The third-order valence-electron chi connectivity index (χ3n) is 7.39. The molecule has 0 aliphatic heterocycles. The third kappa shape index (κ3) is 4.31. The maximum atomic E-state index is 11.6. The van der Waals surface area contributed by atoms with E-state index in [0.29, 0.717) is 16.4 Å². The van der Waals surface area contributed by atoms with E-state index in [1.807, 2.05) is 18.2 Å². The molecule has 3 saturated carbocycles. The predicted octanol–water partition coefficient (Wildman–Crippen LogP) is 7.13. The van der Waals surface area contributed by atoms with Crippen LogP contribution in [0.1, 0.15) is 102 Å². The number of carboxylic acids is 1. The molecule has 3 aliphatic rings. The van der Waals surface area contributed by atoms with Crippen LogP contribution in [-0.2, 0) is 10.2 Å². The van der Waals surface area contributed by atoms with Gasteiger partial charge in [-0.05, 0) is 73.3 Å². The van der Waals surface area contributed by atoms with E-state index in [9.17, 15) is 9.90 Å². The number of unbranched alkanes of at least 4 members (excludes halogenated alkanes) is 3. The molecule has 2 heteroatoms. The monoisotopic (exact) mass is 368 g/mol. The molecule has 1 aromatic carbocycles. The van der Waals surface area contributed by atoms with Gasteiger partial charge in [0.05, 0.1) is 5.57 Å². The molecule has 0 saturated heterocycles. The molecule has 0 unspecified atom stereocenters. The maximum absolute atomic E-state index is 11.6. The third-order valence-corrected chi connectivity index (χ3v) is 7.39. The molecular weight excluding hydrogens is 332 g/mol. The van der Waals surface area contributed by atoms with E-state index < -0.39 is 5.97 Å². The van der Waals surface area contributed by atoms with E-state index in [1.54, 1.807) is 0 Å². The van der Waals surface area contributed by atoms with E-state index in [0.717, 1.165) is 18.4 Å². The molecule has 2 bridgehead atoms. The summed E-state index contributed by atoms with van der Waals surface area (Å²) in [5, 5.41) is 9.52. The van der Waals surface area contributed by atoms with Crippen LogP contribution in [0.2, 0.25) is 0 Å². The van der Waals surface area contributed by atoms with Crippen molar-refractivity contribution in [2.75, 3.05) is 0 Å². The van der Waals surface area contributed by atoms with Crippen molar-refractivity contribution in [3.05, 3.63) is 41.5 Å². The second kappa shape index (κ2) is 8.63. The fourth-order valence-corrected chi connectivity index (χ4v) is 5.44. The molecule has 0 radical (unpaired) electrons. The average Bonchev–Trinajstić information content (AvgIpc) is 2.70. The lowest BCUT2D eigenvalue weighted by Crippen LogP contribution is -2.44. The van der Waals surface area contributed by atoms with Gasteiger partial charge < -0.3 is 5.11 Å². The number of rotatable bonds is 9. The first-order valence-electron chi connectivity index (χ1n) is 11.1. The zero-order chi connectivity index (χ0) is 19.3. The minimum atomic E-state index is -0.818. The van der Waals surface area contributed by atoms with Gasteiger partial charge in [0.2, 0.25) is 0 Å². The Hall–Kier alpha value is -1.57. The summed E-state index contributed by atoms with van der Waals surface area (Å²) in [4.78, 5) is 11.6. The summed E-state index contributed by atoms with van der Waals surface area (Å²) in [6.07, 6.45) is 17.3. The Morgan fingerprint density at radius 3 is 2.11 bits per heavy atom. The van der Waals surface area contributed by atoms with Crippen molar-refractivity contribution < 1.29 is 9.90 Å². The number of fused-ring (bicyclic) bond motifs is 3. The lowest BCUT2D eigenvalue weighted by Gasteiger charge is -2.54. The van der Waals surface area contributed by atoms with Crippen LogP contribution in [0, 0.1) is 5.41 Å². The van der Waals surface area contributed by atoms with Gasteiger partial charge in [0.15, 0.2) is 0 Å². The second-order valence-electron chi connectivity index (χ2n) is 9.03. The van der Waals surface area contributed by atoms with Gasteiger partial charge in [0.25, 0.3) is 0 Å². The summed E-state index contributed by atoms with van der Waals surface area (Å²) >= 11 is 0. The lowest BCUT2D eigenvalue weighted by atomic mass is 9.51. The topological polar surface area (TPSA) is 37.3 Å². The van der Waals surface area contributed by atoms with Gasteiger partial charge in [-0.3, -0.25) is 0 Å². The van der Waals surface area contributed by atoms with Crippen molar-refractivity contribution in [3.63, 3.8) is 0 Å². The van der Waals surface area contributed by atoms with Gasteiger partial charge in [-0.1, -0.05) is 69.9 Å². The van der Waals surface area contributed by atoms with Crippen molar-refractivity contribution in [1.82, 2.24) is 0 Å². The molecule has 3 fully saturated rings. The molecule has 1 N–H and O–H groups in total. The number of allylic oxidation sites excluding steroid dienone is 1. The molecule has 0 heterocycles. The van der Waals surface area contributed by atoms with Crippen LogP contribution in [-0.4, -0.2) is 11.1 Å². The number of carbonyl (C=O) groups is 1. The summed E-state index contributed by atoms with van der Waals surface area (Å²) in [5.41, 5.74) is 3.71. The van der Waals surface area contributed by atoms with Crippen LogP contribution in [0.15, 0.2) is 30.3 Å². The first-order chi connectivity index (χ1) is 13.0. The number of aliphatic carboxylic acids is 1. The highest BCUT2D eigenvalue weighted by atomic mass is 16.4. The molecule has 0 aromatic heterocycles. The van der Waals surface area contributed by atoms with Crippen molar-refractivity contribution in [2.24, 2.45) is 5.41 Å². The quantitative estimate of drug-likeness (QED) is 0.372. The molecule has 27 heavy (non-hydrogen) atoms. The van der Waals surface area contributed by atoms with Crippen LogP contribution >= 0.6 is 0 Å². The van der Waals surface area contributed by atoms with Gasteiger partial charge in [0.1, 0.15) is 0 Å². The van der Waals surface area contributed by atoms with Crippen LogP contribution in [0.3, 0.4) is 0 Å². The molecular formula is C25H36O2. The van der Waals surface area contributed by atoms with Crippen LogP contribution < -0.4 is 0 Å². The minimum Gasteiger partial charge on any atom is -0.478 e. The van der Waals surface area contributed by atoms with E-state index in [-0.39, 0.29) is 0 Å². The van der Waals surface area contributed by atoms with Crippen molar-refractivity contribution >= 4 is 11.5 Å². The molecule has 3 aliphatic carbocycles. The van der Waals surface area contributed by atoms with Crippen LogP contribution in [0.5, 0.6) is 0 Å². The summed E-state index contributed by atoms with van der Waals surface area (Å²) in [5.74, 6) is -0.818. The summed E-state index contributed by atoms with van der Waals surface area (Å²) < 4.78 is 0. The van der Waals surface area contributed by atoms with Gasteiger partial charge in [-0.2, -0.15) is 0 Å². The highest BCUT2D eigenvalue weighted by molar-refractivity contribution is 6.15. The van der Waals surface area contributed by atoms with E-state index in [2.05, 4.69) is 26.0 Å². The van der Waals surface area contributed by atoms with Crippen molar-refractivity contribution in [3.8, 4) is 0 Å².